The number of nitrogens with two attached hydrogens (primary N) is 1. The van der Waals surface area contributed by atoms with E-state index in [2.05, 4.69) is 36.8 Å². The van der Waals surface area contributed by atoms with Crippen LogP contribution in [0, 0.1) is 22.7 Å². The summed E-state index contributed by atoms with van der Waals surface area (Å²) < 4.78 is 0. The quantitative estimate of drug-likeness (QED) is 0.870. The molecular weight excluding hydrogens is 284 g/mol. The van der Waals surface area contributed by atoms with E-state index in [-0.39, 0.29) is 5.41 Å². The highest BCUT2D eigenvalue weighted by Gasteiger charge is 2.32. The van der Waals surface area contributed by atoms with Crippen molar-refractivity contribution in [2.24, 2.45) is 11.3 Å². The summed E-state index contributed by atoms with van der Waals surface area (Å²) >= 11 is 0. The van der Waals surface area contributed by atoms with E-state index in [1.54, 1.807) is 6.20 Å². The maximum Gasteiger partial charge on any atom is 0.142 e. The standard InChI is InChI=1S/C19H22N4/c1-19(2,3)12-7-8-15-13(10-12)17(14(11-20)18(21)23-15)16-6-4-5-9-22-16/h4-6,9,12H,7-8,10H2,1-3H3,(H2,21,23). The maximum atomic E-state index is 9.59. The summed E-state index contributed by atoms with van der Waals surface area (Å²) in [6.45, 7) is 6.83. The molecule has 2 aromatic rings. The van der Waals surface area contributed by atoms with E-state index < -0.39 is 0 Å². The number of aryl methyl sites for hydroxylation is 1. The molecule has 0 saturated carbocycles. The number of hydrogen-bond donors (Lipinski definition) is 1. The lowest BCUT2D eigenvalue weighted by Gasteiger charge is -2.35. The molecule has 4 heteroatoms. The molecule has 2 N–H and O–H groups in total. The molecule has 0 aliphatic heterocycles. The third-order valence-electron chi connectivity index (χ3n) is 4.85. The Hall–Kier alpha value is -2.41. The lowest BCUT2D eigenvalue weighted by molar-refractivity contribution is 0.215. The third-order valence-corrected chi connectivity index (χ3v) is 4.85. The fourth-order valence-electron chi connectivity index (χ4n) is 3.42. The number of nitrogens with zero attached hydrogens (tertiary/aromatic N) is 3. The molecule has 0 spiro atoms. The SMILES string of the molecule is CC(C)(C)C1CCc2nc(N)c(C#N)c(-c3ccccn3)c2C1. The molecule has 0 fully saturated rings. The van der Waals surface area contributed by atoms with Gasteiger partial charge >= 0.3 is 0 Å². The number of pyridine rings is 2. The Morgan fingerprint density at radius 2 is 2.09 bits per heavy atom. The molecule has 23 heavy (non-hydrogen) atoms. The molecule has 1 atom stereocenters. The average Bonchev–Trinajstić information content (AvgIpc) is 2.53. The van der Waals surface area contributed by atoms with E-state index in [4.69, 9.17) is 5.73 Å². The van der Waals surface area contributed by atoms with Crippen LogP contribution in [-0.2, 0) is 12.8 Å². The predicted octanol–water partition coefficient (Wildman–Crippen LogP) is 3.75. The van der Waals surface area contributed by atoms with Crippen molar-refractivity contribution in [2.75, 3.05) is 5.73 Å². The fraction of sp³-hybridized carbons (Fsp3) is 0.421. The zero-order chi connectivity index (χ0) is 16.6. The number of hydrogen-bond acceptors (Lipinski definition) is 4. The highest BCUT2D eigenvalue weighted by molar-refractivity contribution is 5.77. The first-order valence-electron chi connectivity index (χ1n) is 8.04. The summed E-state index contributed by atoms with van der Waals surface area (Å²) in [5.41, 5.74) is 10.6. The van der Waals surface area contributed by atoms with Gasteiger partial charge in [-0.05, 0) is 48.3 Å². The van der Waals surface area contributed by atoms with Crippen LogP contribution >= 0.6 is 0 Å². The molecule has 0 aromatic carbocycles. The second-order valence-corrected chi connectivity index (χ2v) is 7.30. The smallest absolute Gasteiger partial charge is 0.142 e. The van der Waals surface area contributed by atoms with Gasteiger partial charge in [-0.2, -0.15) is 5.26 Å². The zero-order valence-electron chi connectivity index (χ0n) is 13.9. The van der Waals surface area contributed by atoms with Crippen LogP contribution in [0.2, 0.25) is 0 Å². The van der Waals surface area contributed by atoms with Gasteiger partial charge in [0.1, 0.15) is 17.5 Å². The molecule has 1 aliphatic rings. The van der Waals surface area contributed by atoms with Crippen molar-refractivity contribution in [3.05, 3.63) is 41.2 Å². The van der Waals surface area contributed by atoms with Crippen LogP contribution in [0.4, 0.5) is 5.82 Å². The molecule has 1 unspecified atom stereocenters. The monoisotopic (exact) mass is 306 g/mol. The van der Waals surface area contributed by atoms with Crippen LogP contribution in [0.1, 0.15) is 44.0 Å². The van der Waals surface area contributed by atoms with E-state index in [1.165, 1.54) is 0 Å². The molecule has 118 valence electrons. The molecule has 3 rings (SSSR count). The van der Waals surface area contributed by atoms with Gasteiger partial charge in [0, 0.05) is 17.5 Å². The number of anilines is 1. The Morgan fingerprint density at radius 3 is 2.70 bits per heavy atom. The molecule has 0 radical (unpaired) electrons. The average molecular weight is 306 g/mol. The highest BCUT2D eigenvalue weighted by atomic mass is 14.9. The predicted molar refractivity (Wildman–Crippen MR) is 91.6 cm³/mol. The molecule has 0 bridgehead atoms. The first-order chi connectivity index (χ1) is 10.9. The number of nitriles is 1. The van der Waals surface area contributed by atoms with E-state index >= 15 is 0 Å². The van der Waals surface area contributed by atoms with E-state index in [1.807, 2.05) is 18.2 Å². The molecule has 0 saturated heterocycles. The fourth-order valence-corrected chi connectivity index (χ4v) is 3.42. The Bertz CT molecular complexity index is 767. The van der Waals surface area contributed by atoms with Crippen molar-refractivity contribution >= 4 is 5.82 Å². The second-order valence-electron chi connectivity index (χ2n) is 7.30. The Balaban J connectivity index is 2.22. The summed E-state index contributed by atoms with van der Waals surface area (Å²) in [6.07, 6.45) is 4.69. The molecule has 2 heterocycles. The molecular formula is C19H22N4. The lowest BCUT2D eigenvalue weighted by atomic mass is 9.70. The topological polar surface area (TPSA) is 75.6 Å². The van der Waals surface area contributed by atoms with Gasteiger partial charge in [0.15, 0.2) is 0 Å². The maximum absolute atomic E-state index is 9.59. The van der Waals surface area contributed by atoms with Gasteiger partial charge in [0.2, 0.25) is 0 Å². The minimum Gasteiger partial charge on any atom is -0.383 e. The number of aromatic nitrogens is 2. The van der Waals surface area contributed by atoms with Crippen LogP contribution in [-0.4, -0.2) is 9.97 Å². The van der Waals surface area contributed by atoms with Crippen molar-refractivity contribution in [1.29, 1.82) is 5.26 Å². The third kappa shape index (κ3) is 2.79. The number of nitrogen functional groups attached to an aromatic ring is 1. The van der Waals surface area contributed by atoms with E-state index in [0.717, 1.165) is 41.8 Å². The van der Waals surface area contributed by atoms with Crippen LogP contribution in [0.3, 0.4) is 0 Å². The van der Waals surface area contributed by atoms with Gasteiger partial charge in [-0.15, -0.1) is 0 Å². The van der Waals surface area contributed by atoms with Gasteiger partial charge < -0.3 is 5.73 Å². The summed E-state index contributed by atoms with van der Waals surface area (Å²) in [5.74, 6) is 0.885. The van der Waals surface area contributed by atoms with Crippen molar-refractivity contribution < 1.29 is 0 Å². The van der Waals surface area contributed by atoms with Gasteiger partial charge in [-0.1, -0.05) is 26.8 Å². The highest BCUT2D eigenvalue weighted by Crippen LogP contribution is 2.41. The van der Waals surface area contributed by atoms with Crippen LogP contribution < -0.4 is 5.73 Å². The van der Waals surface area contributed by atoms with Crippen molar-refractivity contribution in [1.82, 2.24) is 9.97 Å². The Kier molecular flexibility index (Phi) is 3.81. The normalized spacial score (nSPS) is 17.4. The summed E-state index contributed by atoms with van der Waals surface area (Å²) in [6, 6.07) is 8.00. The van der Waals surface area contributed by atoms with Crippen LogP contribution in [0.25, 0.3) is 11.3 Å². The Labute approximate surface area is 137 Å². The largest absolute Gasteiger partial charge is 0.383 e. The van der Waals surface area contributed by atoms with Gasteiger partial charge in [-0.25, -0.2) is 4.98 Å². The number of rotatable bonds is 1. The van der Waals surface area contributed by atoms with Crippen molar-refractivity contribution in [2.45, 2.75) is 40.0 Å². The minimum atomic E-state index is 0.229. The minimum absolute atomic E-state index is 0.229. The molecule has 2 aromatic heterocycles. The zero-order valence-corrected chi connectivity index (χ0v) is 13.9. The van der Waals surface area contributed by atoms with Gasteiger partial charge in [0.25, 0.3) is 0 Å². The van der Waals surface area contributed by atoms with Gasteiger partial charge in [-0.3, -0.25) is 4.98 Å². The first-order valence-corrected chi connectivity index (χ1v) is 8.04. The van der Waals surface area contributed by atoms with E-state index in [9.17, 15) is 5.26 Å². The van der Waals surface area contributed by atoms with Crippen molar-refractivity contribution in [3.8, 4) is 17.3 Å². The first kappa shape index (κ1) is 15.5. The van der Waals surface area contributed by atoms with Crippen molar-refractivity contribution in [3.63, 3.8) is 0 Å². The lowest BCUT2D eigenvalue weighted by Crippen LogP contribution is -2.28. The second kappa shape index (κ2) is 5.66. The van der Waals surface area contributed by atoms with E-state index in [0.29, 0.717) is 17.3 Å². The number of fused-ring (bicyclic) bond motifs is 1. The summed E-state index contributed by atoms with van der Waals surface area (Å²) in [7, 11) is 0. The summed E-state index contributed by atoms with van der Waals surface area (Å²) in [5, 5.41) is 9.59. The van der Waals surface area contributed by atoms with Crippen LogP contribution in [0.15, 0.2) is 24.4 Å². The molecule has 0 amide bonds. The van der Waals surface area contributed by atoms with Gasteiger partial charge in [0.05, 0.1) is 5.69 Å². The molecule has 4 nitrogen and oxygen atoms in total. The molecule has 1 aliphatic carbocycles. The summed E-state index contributed by atoms with van der Waals surface area (Å²) in [4.78, 5) is 8.97. The Morgan fingerprint density at radius 1 is 1.30 bits per heavy atom. The van der Waals surface area contributed by atoms with Crippen LogP contribution in [0.5, 0.6) is 0 Å².